The van der Waals surface area contributed by atoms with E-state index in [9.17, 15) is 0 Å². The monoisotopic (exact) mass is 429 g/mol. The Morgan fingerprint density at radius 3 is 2.88 bits per heavy atom. The summed E-state index contributed by atoms with van der Waals surface area (Å²) in [5.41, 5.74) is 6.99. The van der Waals surface area contributed by atoms with Crippen molar-refractivity contribution < 1.29 is 0 Å². The zero-order chi connectivity index (χ0) is 11.4. The average molecular weight is 430 g/mol. The van der Waals surface area contributed by atoms with Crippen molar-refractivity contribution in [2.24, 2.45) is 16.6 Å². The highest BCUT2D eigenvalue weighted by atomic mass is 127. The van der Waals surface area contributed by atoms with Crippen molar-refractivity contribution in [3.8, 4) is 0 Å². The van der Waals surface area contributed by atoms with Gasteiger partial charge in [0, 0.05) is 6.54 Å². The van der Waals surface area contributed by atoms with Gasteiger partial charge in [0.25, 0.3) is 0 Å². The Hall–Kier alpha value is 0.180. The second-order valence-corrected chi connectivity index (χ2v) is 6.33. The summed E-state index contributed by atoms with van der Waals surface area (Å²) in [7, 11) is 0. The van der Waals surface area contributed by atoms with Gasteiger partial charge in [0.2, 0.25) is 0 Å². The molecule has 1 heterocycles. The largest absolute Gasteiger partial charge is 0.370 e. The fourth-order valence-corrected chi connectivity index (χ4v) is 2.82. The third-order valence-electron chi connectivity index (χ3n) is 2.91. The van der Waals surface area contributed by atoms with E-state index in [0.29, 0.717) is 12.5 Å². The predicted octanol–water partition coefficient (Wildman–Crippen LogP) is 3.33. The molecule has 1 fully saturated rings. The molecule has 3 N–H and O–H groups in total. The van der Waals surface area contributed by atoms with Crippen LogP contribution in [0.3, 0.4) is 0 Å². The van der Waals surface area contributed by atoms with Crippen LogP contribution in [0.4, 0.5) is 0 Å². The van der Waals surface area contributed by atoms with Crippen molar-refractivity contribution in [2.45, 2.75) is 25.8 Å². The fraction of sp³-hybridized carbons (Fsp3) is 0.545. The van der Waals surface area contributed by atoms with E-state index in [-0.39, 0.29) is 24.0 Å². The van der Waals surface area contributed by atoms with Gasteiger partial charge in [-0.3, -0.25) is 0 Å². The molecular weight excluding hydrogens is 413 g/mol. The fourth-order valence-electron chi connectivity index (χ4n) is 1.60. The number of nitrogens with two attached hydrogens (primary N) is 1. The summed E-state index contributed by atoms with van der Waals surface area (Å²) in [6.45, 7) is 1.62. The number of thiophene rings is 1. The Labute approximate surface area is 131 Å². The summed E-state index contributed by atoms with van der Waals surface area (Å²) in [6, 6.07) is 2.07. The second-order valence-electron chi connectivity index (χ2n) is 4.10. The Balaban J connectivity index is 0.00000144. The molecule has 0 amide bonds. The van der Waals surface area contributed by atoms with Crippen molar-refractivity contribution in [3.05, 3.63) is 20.8 Å². The summed E-state index contributed by atoms with van der Waals surface area (Å²) in [5, 5.41) is 5.23. The van der Waals surface area contributed by atoms with E-state index in [1.54, 1.807) is 11.3 Å². The minimum atomic E-state index is 0. The van der Waals surface area contributed by atoms with Crippen LogP contribution in [0.2, 0.25) is 0 Å². The number of halogens is 2. The topological polar surface area (TPSA) is 50.4 Å². The quantitative estimate of drug-likeness (QED) is 0.438. The van der Waals surface area contributed by atoms with E-state index < -0.39 is 0 Å². The summed E-state index contributed by atoms with van der Waals surface area (Å²) in [6.07, 6.45) is 4.03. The lowest BCUT2D eigenvalue weighted by molar-refractivity contribution is 0.315. The number of hydrogen-bond acceptors (Lipinski definition) is 2. The predicted molar refractivity (Wildman–Crippen MR) is 88.1 cm³/mol. The number of aliphatic imine (C=N–C) groups is 1. The molecule has 0 aliphatic heterocycles. The molecule has 0 saturated heterocycles. The maximum absolute atomic E-state index is 5.79. The van der Waals surface area contributed by atoms with Crippen LogP contribution >= 0.6 is 51.2 Å². The van der Waals surface area contributed by atoms with E-state index in [2.05, 4.69) is 32.3 Å². The average Bonchev–Trinajstić information content (AvgIpc) is 2.59. The van der Waals surface area contributed by atoms with E-state index in [0.717, 1.165) is 16.2 Å². The highest BCUT2D eigenvalue weighted by molar-refractivity contribution is 14.0. The van der Waals surface area contributed by atoms with Gasteiger partial charge in [-0.05, 0) is 51.7 Å². The van der Waals surface area contributed by atoms with Crippen LogP contribution in [0.1, 0.15) is 24.8 Å². The molecule has 1 saturated carbocycles. The summed E-state index contributed by atoms with van der Waals surface area (Å²) in [5.74, 6) is 1.37. The number of guanidine groups is 1. The molecule has 0 radical (unpaired) electrons. The van der Waals surface area contributed by atoms with E-state index in [4.69, 9.17) is 5.73 Å². The zero-order valence-corrected chi connectivity index (χ0v) is 14.2. The van der Waals surface area contributed by atoms with E-state index in [1.165, 1.54) is 24.8 Å². The van der Waals surface area contributed by atoms with Crippen LogP contribution in [-0.4, -0.2) is 12.5 Å². The first kappa shape index (κ1) is 15.2. The maximum Gasteiger partial charge on any atom is 0.188 e. The minimum absolute atomic E-state index is 0. The maximum atomic E-state index is 5.79. The highest BCUT2D eigenvalue weighted by Gasteiger charge is 2.16. The van der Waals surface area contributed by atoms with Gasteiger partial charge in [-0.1, -0.05) is 6.42 Å². The molecule has 1 aliphatic carbocycles. The van der Waals surface area contributed by atoms with Crippen LogP contribution < -0.4 is 11.1 Å². The van der Waals surface area contributed by atoms with Crippen LogP contribution in [-0.2, 0) is 6.54 Å². The minimum Gasteiger partial charge on any atom is -0.370 e. The van der Waals surface area contributed by atoms with Crippen LogP contribution in [0.5, 0.6) is 0 Å². The first-order valence-corrected chi connectivity index (χ1v) is 7.18. The van der Waals surface area contributed by atoms with E-state index in [1.807, 2.05) is 5.38 Å². The first-order valence-electron chi connectivity index (χ1n) is 5.51. The van der Waals surface area contributed by atoms with Gasteiger partial charge >= 0.3 is 0 Å². The highest BCUT2D eigenvalue weighted by Crippen LogP contribution is 2.25. The molecule has 0 unspecified atom stereocenters. The Kier molecular flexibility index (Phi) is 6.79. The Morgan fingerprint density at radius 2 is 2.35 bits per heavy atom. The van der Waals surface area contributed by atoms with Crippen molar-refractivity contribution >= 4 is 57.2 Å². The van der Waals surface area contributed by atoms with Gasteiger partial charge < -0.3 is 11.1 Å². The number of rotatable bonds is 4. The number of nitrogens with one attached hydrogen (secondary N) is 1. The molecule has 6 heteroatoms. The van der Waals surface area contributed by atoms with Crippen molar-refractivity contribution in [2.75, 3.05) is 6.54 Å². The zero-order valence-electron chi connectivity index (χ0n) is 9.49. The lowest BCUT2D eigenvalue weighted by Gasteiger charge is -2.25. The molecule has 96 valence electrons. The molecule has 0 atom stereocenters. The molecule has 17 heavy (non-hydrogen) atoms. The lowest BCUT2D eigenvalue weighted by atomic mass is 9.85. The SMILES string of the molecule is I.NC(=NCc1ccsc1Br)NCC1CCC1. The van der Waals surface area contributed by atoms with Crippen LogP contribution in [0.15, 0.2) is 20.2 Å². The molecule has 3 nitrogen and oxygen atoms in total. The first-order chi connectivity index (χ1) is 7.75. The van der Waals surface area contributed by atoms with Gasteiger partial charge in [-0.25, -0.2) is 4.99 Å². The third-order valence-corrected chi connectivity index (χ3v) is 4.72. The third kappa shape index (κ3) is 4.75. The van der Waals surface area contributed by atoms with Crippen molar-refractivity contribution in [1.29, 1.82) is 0 Å². The van der Waals surface area contributed by atoms with E-state index >= 15 is 0 Å². The normalized spacial score (nSPS) is 16.2. The Bertz CT molecular complexity index is 377. The van der Waals surface area contributed by atoms with Gasteiger partial charge in [-0.2, -0.15) is 0 Å². The van der Waals surface area contributed by atoms with Gasteiger partial charge in [0.05, 0.1) is 10.3 Å². The second kappa shape index (κ2) is 7.58. The van der Waals surface area contributed by atoms with Gasteiger partial charge in [0.15, 0.2) is 5.96 Å². The standard InChI is InChI=1S/C11H16BrN3S.HI/c12-10-9(4-5-16-10)7-15-11(13)14-6-8-2-1-3-8;/h4-5,8H,1-3,6-7H2,(H3,13,14,15);1H. The molecule has 1 aromatic rings. The molecule has 1 aliphatic rings. The van der Waals surface area contributed by atoms with Crippen LogP contribution in [0.25, 0.3) is 0 Å². The van der Waals surface area contributed by atoms with Crippen LogP contribution in [0, 0.1) is 5.92 Å². The molecule has 0 spiro atoms. The molecular formula is C11H17BrIN3S. The summed E-state index contributed by atoms with van der Waals surface area (Å²) < 4.78 is 1.14. The molecule has 0 bridgehead atoms. The molecule has 2 rings (SSSR count). The molecule has 0 aromatic carbocycles. The smallest absolute Gasteiger partial charge is 0.188 e. The Morgan fingerprint density at radius 1 is 1.59 bits per heavy atom. The van der Waals surface area contributed by atoms with Crippen molar-refractivity contribution in [3.63, 3.8) is 0 Å². The lowest BCUT2D eigenvalue weighted by Crippen LogP contribution is -2.37. The van der Waals surface area contributed by atoms with Crippen molar-refractivity contribution in [1.82, 2.24) is 5.32 Å². The molecule has 1 aromatic heterocycles. The summed E-state index contributed by atoms with van der Waals surface area (Å²) in [4.78, 5) is 4.32. The number of nitrogens with zero attached hydrogens (tertiary/aromatic N) is 1. The number of hydrogen-bond donors (Lipinski definition) is 2. The summed E-state index contributed by atoms with van der Waals surface area (Å²) >= 11 is 5.16. The van der Waals surface area contributed by atoms with Gasteiger partial charge in [0.1, 0.15) is 0 Å². The van der Waals surface area contributed by atoms with Gasteiger partial charge in [-0.15, -0.1) is 35.3 Å².